The summed E-state index contributed by atoms with van der Waals surface area (Å²) in [7, 11) is 0. The Morgan fingerprint density at radius 2 is 1.85 bits per heavy atom. The largest absolute Gasteiger partial charge is 0.491 e. The predicted octanol–water partition coefficient (Wildman–Crippen LogP) is 3.28. The maximum absolute atomic E-state index is 13.8. The number of nitrogens with zero attached hydrogens (tertiary/aromatic N) is 4. The van der Waals surface area contributed by atoms with Crippen LogP contribution in [-0.4, -0.2) is 82.8 Å². The van der Waals surface area contributed by atoms with Crippen LogP contribution in [0.5, 0.6) is 5.75 Å². The van der Waals surface area contributed by atoms with Gasteiger partial charge in [-0.3, -0.25) is 14.6 Å². The quantitative estimate of drug-likeness (QED) is 0.506. The lowest BCUT2D eigenvalue weighted by molar-refractivity contribution is -0.143. The molecule has 1 N–H and O–H groups in total. The van der Waals surface area contributed by atoms with Crippen LogP contribution in [0.3, 0.4) is 0 Å². The van der Waals surface area contributed by atoms with Crippen molar-refractivity contribution in [2.24, 2.45) is 10.5 Å². The summed E-state index contributed by atoms with van der Waals surface area (Å²) in [6, 6.07) is 12.9. The highest BCUT2D eigenvalue weighted by molar-refractivity contribution is 6.13. The second kappa shape index (κ2) is 12.0. The molecule has 0 bridgehead atoms. The normalized spacial score (nSPS) is 19.6. The van der Waals surface area contributed by atoms with E-state index in [-0.39, 0.29) is 32.5 Å². The minimum Gasteiger partial charge on any atom is -0.491 e. The van der Waals surface area contributed by atoms with Crippen molar-refractivity contribution in [3.05, 3.63) is 60.4 Å². The first-order valence-corrected chi connectivity index (χ1v) is 13.0. The Balaban J connectivity index is 1.59. The van der Waals surface area contributed by atoms with Crippen LogP contribution in [0.1, 0.15) is 32.9 Å². The molecule has 1 aromatic heterocycles. The van der Waals surface area contributed by atoms with Crippen LogP contribution in [0, 0.1) is 5.41 Å². The molecular formula is C28H33F2N5O5. The van der Waals surface area contributed by atoms with Crippen molar-refractivity contribution in [3.8, 4) is 5.75 Å². The molecule has 0 aliphatic carbocycles. The number of benzene rings is 1. The first-order chi connectivity index (χ1) is 19.0. The number of alkyl carbamates (subject to hydrolysis) is 1. The molecule has 40 heavy (non-hydrogen) atoms. The number of hydrogen-bond donors (Lipinski definition) is 1. The van der Waals surface area contributed by atoms with Gasteiger partial charge in [0.05, 0.1) is 5.71 Å². The van der Waals surface area contributed by atoms with Crippen molar-refractivity contribution in [3.63, 3.8) is 0 Å². The van der Waals surface area contributed by atoms with E-state index in [0.29, 0.717) is 17.2 Å². The van der Waals surface area contributed by atoms with Gasteiger partial charge in [0.15, 0.2) is 0 Å². The van der Waals surface area contributed by atoms with Crippen LogP contribution < -0.4 is 10.1 Å². The molecule has 12 heteroatoms. The average molecular weight is 558 g/mol. The van der Waals surface area contributed by atoms with E-state index in [9.17, 15) is 23.2 Å². The number of nitrogens with one attached hydrogen (secondary N) is 1. The van der Waals surface area contributed by atoms with Gasteiger partial charge in [0.1, 0.15) is 36.0 Å². The molecule has 0 saturated carbocycles. The van der Waals surface area contributed by atoms with E-state index in [1.807, 2.05) is 6.07 Å². The van der Waals surface area contributed by atoms with Gasteiger partial charge in [-0.05, 0) is 45.0 Å². The highest BCUT2D eigenvalue weighted by Gasteiger charge is 2.55. The number of piperidine rings is 1. The van der Waals surface area contributed by atoms with E-state index < -0.39 is 47.9 Å². The number of ether oxygens (including phenoxy) is 2. The summed E-state index contributed by atoms with van der Waals surface area (Å²) in [5, 5.41) is 7.64. The van der Waals surface area contributed by atoms with Gasteiger partial charge < -0.3 is 19.7 Å². The molecule has 0 radical (unpaired) electrons. The molecule has 0 spiro atoms. The number of hydrogen-bond acceptors (Lipinski definition) is 7. The summed E-state index contributed by atoms with van der Waals surface area (Å²) in [5.41, 5.74) is -1.16. The lowest BCUT2D eigenvalue weighted by Gasteiger charge is -2.40. The summed E-state index contributed by atoms with van der Waals surface area (Å²) in [4.78, 5) is 45.8. The monoisotopic (exact) mass is 557 g/mol. The number of para-hydroxylation sites is 1. The molecule has 3 amide bonds. The minimum atomic E-state index is -2.77. The van der Waals surface area contributed by atoms with Crippen LogP contribution >= 0.6 is 0 Å². The number of alkyl halides is 2. The van der Waals surface area contributed by atoms with E-state index in [0.717, 1.165) is 5.01 Å². The highest BCUT2D eigenvalue weighted by atomic mass is 19.3. The number of pyridine rings is 1. The van der Waals surface area contributed by atoms with Gasteiger partial charge in [0, 0.05) is 37.8 Å². The third-order valence-electron chi connectivity index (χ3n) is 6.50. The van der Waals surface area contributed by atoms with Gasteiger partial charge in [-0.1, -0.05) is 24.3 Å². The van der Waals surface area contributed by atoms with E-state index in [4.69, 9.17) is 9.47 Å². The Bertz CT molecular complexity index is 1240. The Kier molecular flexibility index (Phi) is 8.65. The summed E-state index contributed by atoms with van der Waals surface area (Å²) in [5.74, 6) is -0.607. The molecule has 214 valence electrons. The molecule has 4 rings (SSSR count). The molecular weight excluding hydrogens is 524 g/mol. The van der Waals surface area contributed by atoms with Crippen molar-refractivity contribution in [1.29, 1.82) is 0 Å². The van der Waals surface area contributed by atoms with Crippen molar-refractivity contribution in [1.82, 2.24) is 20.2 Å². The smallest absolute Gasteiger partial charge is 0.408 e. The summed E-state index contributed by atoms with van der Waals surface area (Å²) >= 11 is 0. The SMILES string of the molecule is CC(C)(C)OC(=O)NC(COc1ccccc1)C(=O)N1CCC2=NN(CC(F)F)C(=O)[C@]2(Cc2ccccn2)C1. The number of rotatable bonds is 9. The number of likely N-dealkylation sites (tertiary alicyclic amines) is 1. The lowest BCUT2D eigenvalue weighted by atomic mass is 9.74. The first kappa shape index (κ1) is 28.9. The molecule has 1 aromatic carbocycles. The molecule has 1 fully saturated rings. The topological polar surface area (TPSA) is 113 Å². The zero-order valence-electron chi connectivity index (χ0n) is 22.7. The van der Waals surface area contributed by atoms with Crippen LogP contribution in [0.4, 0.5) is 13.6 Å². The van der Waals surface area contributed by atoms with Crippen LogP contribution in [-0.2, 0) is 20.7 Å². The van der Waals surface area contributed by atoms with Crippen molar-refractivity contribution in [2.75, 3.05) is 26.2 Å². The Morgan fingerprint density at radius 3 is 2.50 bits per heavy atom. The van der Waals surface area contributed by atoms with Gasteiger partial charge in [-0.15, -0.1) is 0 Å². The van der Waals surface area contributed by atoms with Crippen molar-refractivity contribution < 1.29 is 32.6 Å². The van der Waals surface area contributed by atoms with Gasteiger partial charge in [-0.2, -0.15) is 5.10 Å². The number of hydrazone groups is 1. The number of fused-ring (bicyclic) bond motifs is 1. The Morgan fingerprint density at radius 1 is 1.12 bits per heavy atom. The Hall–Kier alpha value is -4.09. The predicted molar refractivity (Wildman–Crippen MR) is 142 cm³/mol. The molecule has 2 aromatic rings. The van der Waals surface area contributed by atoms with E-state index in [2.05, 4.69) is 15.4 Å². The van der Waals surface area contributed by atoms with Gasteiger partial charge in [0.2, 0.25) is 5.91 Å². The second-order valence-corrected chi connectivity index (χ2v) is 10.7. The molecule has 2 aliphatic rings. The summed E-state index contributed by atoms with van der Waals surface area (Å²) in [6.07, 6.45) is -1.71. The minimum absolute atomic E-state index is 0.0830. The van der Waals surface area contributed by atoms with Gasteiger partial charge in [0.25, 0.3) is 12.3 Å². The van der Waals surface area contributed by atoms with Gasteiger partial charge in [-0.25, -0.2) is 18.6 Å². The van der Waals surface area contributed by atoms with Crippen molar-refractivity contribution in [2.45, 2.75) is 51.7 Å². The number of halogens is 2. The highest BCUT2D eigenvalue weighted by Crippen LogP contribution is 2.38. The van der Waals surface area contributed by atoms with E-state index in [1.54, 1.807) is 69.4 Å². The average Bonchev–Trinajstić information content (AvgIpc) is 3.16. The maximum atomic E-state index is 13.8. The second-order valence-electron chi connectivity index (χ2n) is 10.7. The van der Waals surface area contributed by atoms with Crippen LogP contribution in [0.2, 0.25) is 0 Å². The Labute approximate surface area is 231 Å². The number of aromatic nitrogens is 1. The molecule has 3 heterocycles. The van der Waals surface area contributed by atoms with Crippen LogP contribution in [0.25, 0.3) is 0 Å². The number of amides is 3. The number of carbonyl (C=O) groups excluding carboxylic acids is 3. The lowest BCUT2D eigenvalue weighted by Crippen LogP contribution is -2.60. The fourth-order valence-corrected chi connectivity index (χ4v) is 4.78. The zero-order chi connectivity index (χ0) is 28.9. The van der Waals surface area contributed by atoms with Crippen LogP contribution in [0.15, 0.2) is 59.8 Å². The third kappa shape index (κ3) is 6.91. The molecule has 10 nitrogen and oxygen atoms in total. The molecule has 2 aliphatic heterocycles. The van der Waals surface area contributed by atoms with E-state index >= 15 is 0 Å². The molecule has 1 saturated heterocycles. The molecule has 1 unspecified atom stereocenters. The standard InChI is InChI=1S/C28H33F2N5O5/c1-27(2,3)40-26(38)32-21(17-39-20-10-5-4-6-11-20)24(36)34-14-12-22-28(18-34,15-19-9-7-8-13-31-19)25(37)35(33-22)16-23(29)30/h4-11,13,21,23H,12,14-18H2,1-3H3,(H,32,38)/t21?,28-/m1/s1. The zero-order valence-corrected chi connectivity index (χ0v) is 22.7. The first-order valence-electron chi connectivity index (χ1n) is 13.0. The third-order valence-corrected chi connectivity index (χ3v) is 6.50. The maximum Gasteiger partial charge on any atom is 0.408 e. The summed E-state index contributed by atoms with van der Waals surface area (Å²) in [6.45, 7) is 4.13. The number of carbonyl (C=O) groups is 3. The van der Waals surface area contributed by atoms with Crippen molar-refractivity contribution >= 4 is 23.6 Å². The molecule has 2 atom stereocenters. The fraction of sp³-hybridized carbons (Fsp3) is 0.464. The van der Waals surface area contributed by atoms with Gasteiger partial charge >= 0.3 is 6.09 Å². The summed E-state index contributed by atoms with van der Waals surface area (Å²) < 4.78 is 37.7. The fourth-order valence-electron chi connectivity index (χ4n) is 4.78. The van der Waals surface area contributed by atoms with E-state index in [1.165, 1.54) is 4.90 Å².